The van der Waals surface area contributed by atoms with Crippen LogP contribution in [0.3, 0.4) is 0 Å². The van der Waals surface area contributed by atoms with Gasteiger partial charge in [0, 0.05) is 13.1 Å². The molecule has 3 N–H and O–H groups in total. The lowest BCUT2D eigenvalue weighted by atomic mass is 10.1. The maximum atomic E-state index is 13.0. The molecule has 1 heterocycles. The molecular weight excluding hydrogens is 401 g/mol. The predicted molar refractivity (Wildman–Crippen MR) is 108 cm³/mol. The Kier molecular flexibility index (Phi) is 7.47. The summed E-state index contributed by atoms with van der Waals surface area (Å²) in [6, 6.07) is 4.47. The topological polar surface area (TPSA) is 101 Å². The number of hydrogen-bond donors (Lipinski definition) is 2. The summed E-state index contributed by atoms with van der Waals surface area (Å²) in [6.07, 6.45) is -3.06. The predicted octanol–water partition coefficient (Wildman–Crippen LogP) is 2.92. The van der Waals surface area contributed by atoms with Crippen molar-refractivity contribution in [3.05, 3.63) is 56.2 Å². The van der Waals surface area contributed by atoms with E-state index in [1.165, 1.54) is 16.7 Å². The molecule has 0 aliphatic rings. The Morgan fingerprint density at radius 2 is 1.90 bits per heavy atom. The number of halogens is 3. The number of anilines is 2. The smallest absolute Gasteiger partial charge is 0.383 e. The van der Waals surface area contributed by atoms with Gasteiger partial charge in [0.1, 0.15) is 5.82 Å². The third-order valence-corrected chi connectivity index (χ3v) is 4.58. The van der Waals surface area contributed by atoms with Crippen molar-refractivity contribution in [2.75, 3.05) is 17.2 Å². The normalized spacial score (nSPS) is 11.5. The second-order valence-electron chi connectivity index (χ2n) is 6.92. The van der Waals surface area contributed by atoms with Crippen LogP contribution in [0.4, 0.5) is 24.7 Å². The third-order valence-electron chi connectivity index (χ3n) is 4.58. The molecule has 164 valence electrons. The summed E-state index contributed by atoms with van der Waals surface area (Å²) in [7, 11) is 0. The average molecular weight is 426 g/mol. The summed E-state index contributed by atoms with van der Waals surface area (Å²) in [6.45, 7) is 4.11. The molecule has 0 bridgehead atoms. The summed E-state index contributed by atoms with van der Waals surface area (Å²) < 4.78 is 40.1. The molecular formula is C20H25F3N4O3. The molecule has 2 rings (SSSR count). The lowest BCUT2D eigenvalue weighted by Gasteiger charge is -2.24. The number of unbranched alkanes of at least 4 members (excludes halogenated alkanes) is 1. The molecule has 7 nitrogen and oxygen atoms in total. The number of hydrogen-bond acceptors (Lipinski definition) is 4. The van der Waals surface area contributed by atoms with Crippen LogP contribution in [0.1, 0.15) is 44.2 Å². The number of benzene rings is 1. The van der Waals surface area contributed by atoms with E-state index in [0.717, 1.165) is 17.0 Å². The molecule has 0 aliphatic heterocycles. The number of carbonyl (C=O) groups is 1. The zero-order valence-corrected chi connectivity index (χ0v) is 16.9. The van der Waals surface area contributed by atoms with E-state index >= 15 is 0 Å². The number of nitrogens with two attached hydrogens (primary N) is 1. The highest BCUT2D eigenvalue weighted by Crippen LogP contribution is 2.30. The third kappa shape index (κ3) is 5.31. The van der Waals surface area contributed by atoms with Gasteiger partial charge in [0.2, 0.25) is 5.91 Å². The van der Waals surface area contributed by atoms with Crippen LogP contribution in [0.5, 0.6) is 0 Å². The van der Waals surface area contributed by atoms with Crippen molar-refractivity contribution >= 4 is 17.4 Å². The number of H-pyrrole nitrogens is 1. The van der Waals surface area contributed by atoms with E-state index in [4.69, 9.17) is 5.73 Å². The lowest BCUT2D eigenvalue weighted by molar-refractivity contribution is -0.137. The monoisotopic (exact) mass is 426 g/mol. The van der Waals surface area contributed by atoms with Crippen LogP contribution >= 0.6 is 0 Å². The maximum Gasteiger partial charge on any atom is 0.416 e. The summed E-state index contributed by atoms with van der Waals surface area (Å²) in [4.78, 5) is 40.8. The van der Waals surface area contributed by atoms with E-state index in [0.29, 0.717) is 19.3 Å². The van der Waals surface area contributed by atoms with Crippen molar-refractivity contribution in [1.82, 2.24) is 9.55 Å². The molecule has 30 heavy (non-hydrogen) atoms. The van der Waals surface area contributed by atoms with Crippen LogP contribution in [-0.4, -0.2) is 22.0 Å². The molecule has 1 aromatic heterocycles. The lowest BCUT2D eigenvalue weighted by Crippen LogP contribution is -2.42. The number of nitrogen functional groups attached to an aromatic ring is 1. The fraction of sp³-hybridized carbons (Fsp3) is 0.450. The zero-order chi connectivity index (χ0) is 22.5. The van der Waals surface area contributed by atoms with E-state index < -0.39 is 28.9 Å². The minimum absolute atomic E-state index is 0.140. The Hall–Kier alpha value is -3.04. The first-order valence-electron chi connectivity index (χ1n) is 9.69. The number of aromatic nitrogens is 2. The second kappa shape index (κ2) is 9.64. The van der Waals surface area contributed by atoms with Crippen LogP contribution in [0.25, 0.3) is 0 Å². The molecule has 0 saturated carbocycles. The van der Waals surface area contributed by atoms with Crippen LogP contribution in [-0.2, 0) is 23.9 Å². The Bertz CT molecular complexity index is 1010. The first kappa shape index (κ1) is 23.2. The van der Waals surface area contributed by atoms with Crippen molar-refractivity contribution < 1.29 is 18.0 Å². The van der Waals surface area contributed by atoms with Gasteiger partial charge in [0.25, 0.3) is 5.56 Å². The summed E-state index contributed by atoms with van der Waals surface area (Å²) >= 11 is 0. The number of amides is 1. The van der Waals surface area contributed by atoms with Crippen LogP contribution in [0.2, 0.25) is 0 Å². The average Bonchev–Trinajstić information content (AvgIpc) is 2.67. The summed E-state index contributed by atoms with van der Waals surface area (Å²) in [5.74, 6) is -0.722. The van der Waals surface area contributed by atoms with Gasteiger partial charge < -0.3 is 10.6 Å². The van der Waals surface area contributed by atoms with Gasteiger partial charge in [-0.2, -0.15) is 13.2 Å². The van der Waals surface area contributed by atoms with Crippen molar-refractivity contribution in [2.45, 2.75) is 52.3 Å². The molecule has 0 atom stereocenters. The number of carbonyl (C=O) groups excluding carboxylic acids is 1. The fourth-order valence-corrected chi connectivity index (χ4v) is 3.09. The van der Waals surface area contributed by atoms with Crippen LogP contribution in [0, 0.1) is 0 Å². The van der Waals surface area contributed by atoms with Crippen LogP contribution < -0.4 is 21.9 Å². The molecule has 1 aromatic carbocycles. The number of nitrogens with zero attached hydrogens (tertiary/aromatic N) is 2. The summed E-state index contributed by atoms with van der Waals surface area (Å²) in [5, 5.41) is 0. The van der Waals surface area contributed by atoms with Crippen molar-refractivity contribution in [3.8, 4) is 0 Å². The number of alkyl halides is 3. The Balaban J connectivity index is 2.46. The molecule has 0 fully saturated rings. The summed E-state index contributed by atoms with van der Waals surface area (Å²) in [5.41, 5.74) is 3.71. The fourth-order valence-electron chi connectivity index (χ4n) is 3.09. The van der Waals surface area contributed by atoms with Gasteiger partial charge in [-0.05, 0) is 24.5 Å². The highest BCUT2D eigenvalue weighted by Gasteiger charge is 2.31. The Morgan fingerprint density at radius 1 is 1.20 bits per heavy atom. The molecule has 10 heteroatoms. The van der Waals surface area contributed by atoms with E-state index in [1.54, 1.807) is 0 Å². The van der Waals surface area contributed by atoms with Crippen molar-refractivity contribution in [3.63, 3.8) is 0 Å². The van der Waals surface area contributed by atoms with Crippen molar-refractivity contribution in [1.29, 1.82) is 0 Å². The molecule has 0 aliphatic carbocycles. The van der Waals surface area contributed by atoms with E-state index in [1.807, 2.05) is 13.8 Å². The highest BCUT2D eigenvalue weighted by molar-refractivity contribution is 5.96. The minimum atomic E-state index is -4.53. The van der Waals surface area contributed by atoms with Crippen LogP contribution in [0.15, 0.2) is 33.9 Å². The SMILES string of the molecule is CCCCN(C(=O)Cc1cccc(C(F)(F)F)c1)c1c(N)n(CCC)c(=O)[nH]c1=O. The Labute approximate surface area is 171 Å². The van der Waals surface area contributed by atoms with Gasteiger partial charge in [0.05, 0.1) is 12.0 Å². The maximum absolute atomic E-state index is 13.0. The van der Waals surface area contributed by atoms with E-state index in [2.05, 4.69) is 4.98 Å². The molecule has 1 amide bonds. The van der Waals surface area contributed by atoms with E-state index in [-0.39, 0.29) is 36.6 Å². The molecule has 2 aromatic rings. The minimum Gasteiger partial charge on any atom is -0.383 e. The van der Waals surface area contributed by atoms with Crippen molar-refractivity contribution in [2.24, 2.45) is 0 Å². The Morgan fingerprint density at radius 3 is 2.50 bits per heavy atom. The van der Waals surface area contributed by atoms with Gasteiger partial charge in [-0.15, -0.1) is 0 Å². The van der Waals surface area contributed by atoms with Gasteiger partial charge >= 0.3 is 11.9 Å². The molecule has 0 radical (unpaired) electrons. The standard InChI is InChI=1S/C20H25F3N4O3/c1-3-5-10-26(16-17(24)27(9-4-2)19(30)25-18(16)29)15(28)12-13-7-6-8-14(11-13)20(21,22)23/h6-8,11H,3-5,9-10,12,24H2,1-2H3,(H,25,29,30). The van der Waals surface area contributed by atoms with Gasteiger partial charge in [-0.25, -0.2) is 4.79 Å². The number of nitrogens with one attached hydrogen (secondary N) is 1. The first-order valence-corrected chi connectivity index (χ1v) is 9.69. The van der Waals surface area contributed by atoms with Gasteiger partial charge in [-0.3, -0.25) is 19.1 Å². The first-order chi connectivity index (χ1) is 14.1. The number of aromatic amines is 1. The molecule has 0 unspecified atom stereocenters. The second-order valence-corrected chi connectivity index (χ2v) is 6.92. The quantitative estimate of drug-likeness (QED) is 0.678. The van der Waals surface area contributed by atoms with Gasteiger partial charge in [0.15, 0.2) is 5.69 Å². The highest BCUT2D eigenvalue weighted by atomic mass is 19.4. The largest absolute Gasteiger partial charge is 0.416 e. The number of rotatable bonds is 8. The molecule has 0 saturated heterocycles. The molecule has 0 spiro atoms. The zero-order valence-electron chi connectivity index (χ0n) is 16.9. The van der Waals surface area contributed by atoms with Gasteiger partial charge in [-0.1, -0.05) is 38.5 Å². The van der Waals surface area contributed by atoms with E-state index in [9.17, 15) is 27.6 Å².